The molecule has 1 rings (SSSR count). The molecule has 0 aliphatic heterocycles. The van der Waals surface area contributed by atoms with Crippen molar-refractivity contribution in [1.82, 2.24) is 0 Å². The van der Waals surface area contributed by atoms with Crippen molar-refractivity contribution >= 4 is 5.78 Å². The van der Waals surface area contributed by atoms with Crippen LogP contribution in [0.25, 0.3) is 0 Å². The number of benzene rings is 1. The van der Waals surface area contributed by atoms with Crippen LogP contribution in [0, 0.1) is 23.2 Å². The monoisotopic (exact) mass is 184 g/mol. The molecule has 0 saturated heterocycles. The number of nitrogens with two attached hydrogens (primary N) is 1. The van der Waals surface area contributed by atoms with Crippen molar-refractivity contribution in [2.45, 2.75) is 0 Å². The standard InChI is InChI=1S/C11H8N2O/c12-7-1-2-9-3-5-10(6-4-9)11(14)8-13/h3-6H,8,13H2. The summed E-state index contributed by atoms with van der Waals surface area (Å²) >= 11 is 0. The lowest BCUT2D eigenvalue weighted by molar-refractivity contribution is 0.100. The fourth-order valence-electron chi connectivity index (χ4n) is 0.957. The van der Waals surface area contributed by atoms with Gasteiger partial charge in [-0.3, -0.25) is 4.79 Å². The largest absolute Gasteiger partial charge is 0.324 e. The summed E-state index contributed by atoms with van der Waals surface area (Å²) in [4.78, 5) is 11.1. The summed E-state index contributed by atoms with van der Waals surface area (Å²) in [7, 11) is 0. The Kier molecular flexibility index (Phi) is 3.43. The van der Waals surface area contributed by atoms with Crippen LogP contribution in [0.1, 0.15) is 15.9 Å². The van der Waals surface area contributed by atoms with Crippen molar-refractivity contribution in [2.75, 3.05) is 6.54 Å². The molecule has 0 bridgehead atoms. The second-order valence-electron chi connectivity index (χ2n) is 2.57. The number of hydrogen-bond acceptors (Lipinski definition) is 3. The van der Waals surface area contributed by atoms with Crippen LogP contribution in [0.5, 0.6) is 0 Å². The quantitative estimate of drug-likeness (QED) is 0.543. The van der Waals surface area contributed by atoms with Gasteiger partial charge in [0.1, 0.15) is 0 Å². The molecule has 0 aliphatic rings. The number of nitriles is 1. The molecule has 3 nitrogen and oxygen atoms in total. The van der Waals surface area contributed by atoms with E-state index in [0.717, 1.165) is 0 Å². The average molecular weight is 184 g/mol. The van der Waals surface area contributed by atoms with E-state index in [4.69, 9.17) is 11.0 Å². The number of carbonyl (C=O) groups excluding carboxylic acids is 1. The molecule has 68 valence electrons. The molecule has 0 spiro atoms. The van der Waals surface area contributed by atoms with Crippen molar-refractivity contribution in [3.8, 4) is 17.9 Å². The lowest BCUT2D eigenvalue weighted by Crippen LogP contribution is -2.13. The molecule has 0 amide bonds. The molecule has 0 radical (unpaired) electrons. The van der Waals surface area contributed by atoms with Crippen LogP contribution in [-0.2, 0) is 0 Å². The summed E-state index contributed by atoms with van der Waals surface area (Å²) < 4.78 is 0. The SMILES string of the molecule is N#CC#Cc1ccc(C(=O)CN)cc1. The topological polar surface area (TPSA) is 66.9 Å². The highest BCUT2D eigenvalue weighted by molar-refractivity contribution is 5.97. The van der Waals surface area contributed by atoms with Crippen molar-refractivity contribution in [2.24, 2.45) is 5.73 Å². The number of nitrogens with zero attached hydrogens (tertiary/aromatic N) is 1. The summed E-state index contributed by atoms with van der Waals surface area (Å²) in [5.41, 5.74) is 6.48. The van der Waals surface area contributed by atoms with Gasteiger partial charge in [0.25, 0.3) is 0 Å². The van der Waals surface area contributed by atoms with Gasteiger partial charge in [-0.15, -0.1) is 0 Å². The molecule has 14 heavy (non-hydrogen) atoms. The van der Waals surface area contributed by atoms with Gasteiger partial charge in [-0.05, 0) is 12.1 Å². The van der Waals surface area contributed by atoms with Gasteiger partial charge in [-0.1, -0.05) is 18.1 Å². The summed E-state index contributed by atoms with van der Waals surface area (Å²) in [6.07, 6.45) is 0. The molecule has 0 atom stereocenters. The normalized spacial score (nSPS) is 8.29. The fraction of sp³-hybridized carbons (Fsp3) is 0.0909. The van der Waals surface area contributed by atoms with Crippen LogP contribution in [0.3, 0.4) is 0 Å². The lowest BCUT2D eigenvalue weighted by atomic mass is 10.1. The van der Waals surface area contributed by atoms with Crippen LogP contribution in [-0.4, -0.2) is 12.3 Å². The van der Waals surface area contributed by atoms with Gasteiger partial charge >= 0.3 is 0 Å². The first-order valence-corrected chi connectivity index (χ1v) is 4.01. The van der Waals surface area contributed by atoms with E-state index in [0.29, 0.717) is 11.1 Å². The Morgan fingerprint density at radius 3 is 2.50 bits per heavy atom. The van der Waals surface area contributed by atoms with Crippen LogP contribution in [0.15, 0.2) is 24.3 Å². The summed E-state index contributed by atoms with van der Waals surface area (Å²) in [6, 6.07) is 8.39. The minimum absolute atomic E-state index is 0.00320. The third kappa shape index (κ3) is 2.45. The Balaban J connectivity index is 2.90. The predicted octanol–water partition coefficient (Wildman–Crippen LogP) is 0.703. The van der Waals surface area contributed by atoms with Crippen LogP contribution in [0.4, 0.5) is 0 Å². The second kappa shape index (κ2) is 4.81. The zero-order valence-corrected chi connectivity index (χ0v) is 7.45. The van der Waals surface area contributed by atoms with Crippen molar-refractivity contribution in [1.29, 1.82) is 5.26 Å². The molecule has 1 aromatic carbocycles. The Bertz CT molecular complexity index is 429. The maximum absolute atomic E-state index is 11.1. The fourth-order valence-corrected chi connectivity index (χ4v) is 0.957. The van der Waals surface area contributed by atoms with E-state index in [2.05, 4.69) is 11.8 Å². The van der Waals surface area contributed by atoms with E-state index in [1.165, 1.54) is 0 Å². The smallest absolute Gasteiger partial charge is 0.176 e. The number of hydrogen-bond donors (Lipinski definition) is 1. The molecule has 0 saturated carbocycles. The van der Waals surface area contributed by atoms with Gasteiger partial charge in [0.2, 0.25) is 0 Å². The minimum atomic E-state index is -0.107. The predicted molar refractivity (Wildman–Crippen MR) is 52.3 cm³/mol. The van der Waals surface area contributed by atoms with Gasteiger partial charge in [0, 0.05) is 17.0 Å². The highest BCUT2D eigenvalue weighted by atomic mass is 16.1. The third-order valence-electron chi connectivity index (χ3n) is 1.66. The Morgan fingerprint density at radius 2 is 2.00 bits per heavy atom. The van der Waals surface area contributed by atoms with E-state index in [9.17, 15) is 4.79 Å². The summed E-state index contributed by atoms with van der Waals surface area (Å²) in [6.45, 7) is 0.00320. The maximum Gasteiger partial charge on any atom is 0.176 e. The van der Waals surface area contributed by atoms with E-state index >= 15 is 0 Å². The molecule has 0 aromatic heterocycles. The molecule has 3 heteroatoms. The van der Waals surface area contributed by atoms with Crippen LogP contribution < -0.4 is 5.73 Å². The van der Waals surface area contributed by atoms with Gasteiger partial charge < -0.3 is 5.73 Å². The zero-order valence-electron chi connectivity index (χ0n) is 7.45. The first-order valence-electron chi connectivity index (χ1n) is 4.01. The highest BCUT2D eigenvalue weighted by Crippen LogP contribution is 2.03. The number of ketones is 1. The minimum Gasteiger partial charge on any atom is -0.324 e. The van der Waals surface area contributed by atoms with E-state index in [1.807, 2.05) is 0 Å². The number of carbonyl (C=O) groups is 1. The molecular weight excluding hydrogens is 176 g/mol. The van der Waals surface area contributed by atoms with E-state index < -0.39 is 0 Å². The molecule has 0 unspecified atom stereocenters. The summed E-state index contributed by atoms with van der Waals surface area (Å²) in [5.74, 6) is 4.79. The van der Waals surface area contributed by atoms with Crippen molar-refractivity contribution < 1.29 is 4.79 Å². The highest BCUT2D eigenvalue weighted by Gasteiger charge is 2.01. The molecular formula is C11H8N2O. The van der Waals surface area contributed by atoms with Crippen molar-refractivity contribution in [3.05, 3.63) is 35.4 Å². The first-order chi connectivity index (χ1) is 6.77. The zero-order chi connectivity index (χ0) is 10.4. The average Bonchev–Trinajstić information content (AvgIpc) is 2.26. The van der Waals surface area contributed by atoms with Gasteiger partial charge in [-0.25, -0.2) is 0 Å². The van der Waals surface area contributed by atoms with Gasteiger partial charge in [0.05, 0.1) is 6.54 Å². The molecule has 2 N–H and O–H groups in total. The Hall–Kier alpha value is -2.10. The maximum atomic E-state index is 11.1. The molecule has 0 aliphatic carbocycles. The van der Waals surface area contributed by atoms with E-state index in [-0.39, 0.29) is 12.3 Å². The third-order valence-corrected chi connectivity index (χ3v) is 1.66. The van der Waals surface area contributed by atoms with Crippen LogP contribution >= 0.6 is 0 Å². The molecule has 1 aromatic rings. The second-order valence-corrected chi connectivity index (χ2v) is 2.57. The van der Waals surface area contributed by atoms with Crippen LogP contribution in [0.2, 0.25) is 0 Å². The lowest BCUT2D eigenvalue weighted by Gasteiger charge is -1.96. The molecule has 0 fully saturated rings. The van der Waals surface area contributed by atoms with Gasteiger partial charge in [-0.2, -0.15) is 5.26 Å². The summed E-state index contributed by atoms with van der Waals surface area (Å²) in [5, 5.41) is 8.21. The Morgan fingerprint density at radius 1 is 1.36 bits per heavy atom. The van der Waals surface area contributed by atoms with Gasteiger partial charge in [0.15, 0.2) is 11.9 Å². The van der Waals surface area contributed by atoms with E-state index in [1.54, 1.807) is 30.3 Å². The Labute approximate surface area is 82.1 Å². The first kappa shape index (κ1) is 9.98. The van der Waals surface area contributed by atoms with Crippen molar-refractivity contribution in [3.63, 3.8) is 0 Å². The molecule has 0 heterocycles. The number of Topliss-reactive ketones (excluding diaryl/α,β-unsaturated/α-hetero) is 1. The number of rotatable bonds is 2.